The molecule has 0 unspecified atom stereocenters. The Hall–Kier alpha value is -2.22. The molecule has 21 heavy (non-hydrogen) atoms. The molecule has 0 bridgehead atoms. The lowest BCUT2D eigenvalue weighted by Gasteiger charge is -2.13. The lowest BCUT2D eigenvalue weighted by Crippen LogP contribution is -2.07. The third-order valence-electron chi connectivity index (χ3n) is 2.52. The summed E-state index contributed by atoms with van der Waals surface area (Å²) < 4.78 is 43.2. The van der Waals surface area contributed by atoms with Crippen molar-refractivity contribution < 1.29 is 17.9 Å². The summed E-state index contributed by atoms with van der Waals surface area (Å²) >= 11 is 5.70. The van der Waals surface area contributed by atoms with Crippen LogP contribution in [0, 0.1) is 0 Å². The van der Waals surface area contributed by atoms with Gasteiger partial charge in [0.1, 0.15) is 6.33 Å². The van der Waals surface area contributed by atoms with E-state index in [1.54, 1.807) is 0 Å². The minimum absolute atomic E-state index is 0.0617. The first-order valence-electron chi connectivity index (χ1n) is 5.60. The second-order valence-corrected chi connectivity index (χ2v) is 4.43. The van der Waals surface area contributed by atoms with Crippen LogP contribution in [0.5, 0.6) is 5.75 Å². The van der Waals surface area contributed by atoms with Gasteiger partial charge in [-0.15, -0.1) is 0 Å². The number of anilines is 3. The van der Waals surface area contributed by atoms with Crippen LogP contribution in [-0.4, -0.2) is 17.1 Å². The van der Waals surface area contributed by atoms with E-state index >= 15 is 0 Å². The van der Waals surface area contributed by atoms with Gasteiger partial charge in [-0.1, -0.05) is 11.6 Å². The van der Waals surface area contributed by atoms with Crippen molar-refractivity contribution in [3.8, 4) is 5.75 Å². The van der Waals surface area contributed by atoms with Gasteiger partial charge in [0.05, 0.1) is 12.7 Å². The molecule has 0 radical (unpaired) electrons. The van der Waals surface area contributed by atoms with Crippen LogP contribution < -0.4 is 15.8 Å². The molecule has 0 fully saturated rings. The van der Waals surface area contributed by atoms with Crippen LogP contribution in [0.15, 0.2) is 24.5 Å². The molecule has 0 atom stereocenters. The molecule has 112 valence electrons. The number of methoxy groups -OCH3 is 1. The van der Waals surface area contributed by atoms with Gasteiger partial charge in [0.15, 0.2) is 11.6 Å². The van der Waals surface area contributed by atoms with Crippen molar-refractivity contribution in [3.63, 3.8) is 0 Å². The average Bonchev–Trinajstić information content (AvgIpc) is 2.37. The van der Waals surface area contributed by atoms with E-state index in [0.29, 0.717) is 0 Å². The molecule has 3 N–H and O–H groups in total. The minimum Gasteiger partial charge on any atom is -0.490 e. The number of rotatable bonds is 3. The first kappa shape index (κ1) is 15.2. The minimum atomic E-state index is -4.50. The summed E-state index contributed by atoms with van der Waals surface area (Å²) in [4.78, 5) is 7.60. The number of nitrogens with two attached hydrogens (primary N) is 1. The Kier molecular flexibility index (Phi) is 4.08. The maximum atomic E-state index is 12.7. The third kappa shape index (κ3) is 3.46. The van der Waals surface area contributed by atoms with E-state index in [-0.39, 0.29) is 28.1 Å². The van der Waals surface area contributed by atoms with Crippen molar-refractivity contribution in [1.82, 2.24) is 9.97 Å². The first-order chi connectivity index (χ1) is 9.81. The molecule has 0 spiro atoms. The largest absolute Gasteiger partial charge is 0.490 e. The third-order valence-corrected chi connectivity index (χ3v) is 2.74. The highest BCUT2D eigenvalue weighted by Gasteiger charge is 2.31. The topological polar surface area (TPSA) is 73.1 Å². The second-order valence-electron chi connectivity index (χ2n) is 3.99. The van der Waals surface area contributed by atoms with Crippen LogP contribution >= 0.6 is 11.6 Å². The number of halogens is 4. The monoisotopic (exact) mass is 318 g/mol. The maximum absolute atomic E-state index is 12.7. The molecule has 0 amide bonds. The van der Waals surface area contributed by atoms with Crippen LogP contribution in [-0.2, 0) is 6.18 Å². The van der Waals surface area contributed by atoms with Gasteiger partial charge in [-0.2, -0.15) is 13.2 Å². The van der Waals surface area contributed by atoms with Gasteiger partial charge in [-0.05, 0) is 18.2 Å². The van der Waals surface area contributed by atoms with E-state index < -0.39 is 11.7 Å². The highest BCUT2D eigenvalue weighted by Crippen LogP contribution is 2.35. The number of benzene rings is 1. The zero-order valence-electron chi connectivity index (χ0n) is 10.7. The molecule has 2 rings (SSSR count). The molecule has 0 aliphatic rings. The number of nitrogens with one attached hydrogen (secondary N) is 1. The average molecular weight is 319 g/mol. The quantitative estimate of drug-likeness (QED) is 0.906. The van der Waals surface area contributed by atoms with Crippen molar-refractivity contribution >= 4 is 28.9 Å². The van der Waals surface area contributed by atoms with Gasteiger partial charge < -0.3 is 15.8 Å². The van der Waals surface area contributed by atoms with Gasteiger partial charge in [-0.25, -0.2) is 9.97 Å². The number of aromatic nitrogens is 2. The Labute approximate surface area is 122 Å². The fraction of sp³-hybridized carbons (Fsp3) is 0.167. The molecule has 0 aliphatic heterocycles. The number of hydrogen-bond donors (Lipinski definition) is 2. The van der Waals surface area contributed by atoms with Crippen LogP contribution in [0.3, 0.4) is 0 Å². The van der Waals surface area contributed by atoms with Crippen LogP contribution in [0.25, 0.3) is 0 Å². The molecule has 1 heterocycles. The van der Waals surface area contributed by atoms with Crippen molar-refractivity contribution in [1.29, 1.82) is 0 Å². The lowest BCUT2D eigenvalue weighted by atomic mass is 10.2. The molecular weight excluding hydrogens is 309 g/mol. The first-order valence-corrected chi connectivity index (χ1v) is 5.98. The SMILES string of the molecule is COc1c(N)ncnc1Nc1cc(Cl)cc(C(F)(F)F)c1. The number of hydrogen-bond acceptors (Lipinski definition) is 5. The Bertz CT molecular complexity index is 663. The van der Waals surface area contributed by atoms with E-state index in [0.717, 1.165) is 18.5 Å². The molecule has 5 nitrogen and oxygen atoms in total. The van der Waals surface area contributed by atoms with E-state index in [1.807, 2.05) is 0 Å². The lowest BCUT2D eigenvalue weighted by molar-refractivity contribution is -0.137. The number of nitrogen functional groups attached to an aromatic ring is 1. The Morgan fingerprint density at radius 3 is 2.57 bits per heavy atom. The van der Waals surface area contributed by atoms with E-state index in [4.69, 9.17) is 22.1 Å². The summed E-state index contributed by atoms with van der Waals surface area (Å²) in [6.07, 6.45) is -3.34. The number of alkyl halides is 3. The summed E-state index contributed by atoms with van der Waals surface area (Å²) in [6, 6.07) is 3.07. The van der Waals surface area contributed by atoms with E-state index in [9.17, 15) is 13.2 Å². The zero-order valence-corrected chi connectivity index (χ0v) is 11.5. The predicted octanol–water partition coefficient (Wildman–Crippen LogP) is 3.48. The standard InChI is InChI=1S/C12H10ClF3N4O/c1-21-9-10(17)18-5-19-11(9)20-8-3-6(12(14,15)16)2-7(13)4-8/h2-5H,1H3,(H3,17,18,19,20). The zero-order chi connectivity index (χ0) is 15.6. The fourth-order valence-electron chi connectivity index (χ4n) is 1.64. The van der Waals surface area contributed by atoms with Crippen LogP contribution in [0.4, 0.5) is 30.5 Å². The molecule has 2 aromatic rings. The van der Waals surface area contributed by atoms with Crippen molar-refractivity contribution in [2.75, 3.05) is 18.2 Å². The Morgan fingerprint density at radius 1 is 1.24 bits per heavy atom. The highest BCUT2D eigenvalue weighted by atomic mass is 35.5. The summed E-state index contributed by atoms with van der Waals surface area (Å²) in [5.41, 5.74) is 4.82. The van der Waals surface area contributed by atoms with Crippen LogP contribution in [0.1, 0.15) is 5.56 Å². The van der Waals surface area contributed by atoms with E-state index in [2.05, 4.69) is 15.3 Å². The van der Waals surface area contributed by atoms with E-state index in [1.165, 1.54) is 13.2 Å². The fourth-order valence-corrected chi connectivity index (χ4v) is 1.87. The van der Waals surface area contributed by atoms with Gasteiger partial charge in [0.2, 0.25) is 5.75 Å². The molecule has 0 saturated heterocycles. The van der Waals surface area contributed by atoms with Crippen molar-refractivity contribution in [2.24, 2.45) is 0 Å². The predicted molar refractivity (Wildman–Crippen MR) is 72.7 cm³/mol. The summed E-state index contributed by atoms with van der Waals surface area (Å²) in [7, 11) is 1.35. The van der Waals surface area contributed by atoms with Gasteiger partial charge >= 0.3 is 6.18 Å². The van der Waals surface area contributed by atoms with Gasteiger partial charge in [0, 0.05) is 10.7 Å². The van der Waals surface area contributed by atoms with Gasteiger partial charge in [0.25, 0.3) is 0 Å². The van der Waals surface area contributed by atoms with Crippen molar-refractivity contribution in [2.45, 2.75) is 6.18 Å². The second kappa shape index (κ2) is 5.65. The molecule has 1 aromatic carbocycles. The summed E-state index contributed by atoms with van der Waals surface area (Å²) in [5, 5.41) is 2.62. The molecular formula is C12H10ClF3N4O. The maximum Gasteiger partial charge on any atom is 0.416 e. The number of nitrogens with zero attached hydrogens (tertiary/aromatic N) is 2. The smallest absolute Gasteiger partial charge is 0.416 e. The molecule has 9 heteroatoms. The Balaban J connectivity index is 2.41. The van der Waals surface area contributed by atoms with Crippen molar-refractivity contribution in [3.05, 3.63) is 35.1 Å². The molecule has 0 saturated carbocycles. The summed E-state index contributed by atoms with van der Waals surface area (Å²) in [5.74, 6) is 0.333. The summed E-state index contributed by atoms with van der Waals surface area (Å²) in [6.45, 7) is 0. The highest BCUT2D eigenvalue weighted by molar-refractivity contribution is 6.31. The Morgan fingerprint density at radius 2 is 1.95 bits per heavy atom. The normalized spacial score (nSPS) is 11.3. The number of ether oxygens (including phenoxy) is 1. The molecule has 1 aromatic heterocycles. The molecule has 0 aliphatic carbocycles. The van der Waals surface area contributed by atoms with Crippen LogP contribution in [0.2, 0.25) is 5.02 Å². The van der Waals surface area contributed by atoms with Gasteiger partial charge in [-0.3, -0.25) is 0 Å².